The Bertz CT molecular complexity index is 1560. The van der Waals surface area contributed by atoms with Crippen LogP contribution in [-0.2, 0) is 13.6 Å². The molecule has 0 spiro atoms. The first-order valence-electron chi connectivity index (χ1n) is 14.9. The zero-order valence-electron chi connectivity index (χ0n) is 25.4. The number of aromatic nitrogens is 5. The number of hydrogen-bond acceptors (Lipinski definition) is 9. The number of carbonyl (C=O) groups is 1. The fourth-order valence-corrected chi connectivity index (χ4v) is 5.31. The molecule has 1 aromatic carbocycles. The topological polar surface area (TPSA) is 140 Å². The molecular weight excluding hydrogens is 554 g/mol. The van der Waals surface area contributed by atoms with Crippen LogP contribution < -0.4 is 20.9 Å². The average Bonchev–Trinajstić information content (AvgIpc) is 3.48. The molecule has 5 rings (SSSR count). The van der Waals surface area contributed by atoms with E-state index in [4.69, 9.17) is 4.98 Å². The van der Waals surface area contributed by atoms with Crippen molar-refractivity contribution < 1.29 is 4.79 Å². The van der Waals surface area contributed by atoms with Gasteiger partial charge < -0.3 is 20.9 Å². The first kappa shape index (κ1) is 30.4. The molecule has 0 saturated heterocycles. The predicted octanol–water partition coefficient (Wildman–Crippen LogP) is 4.26. The summed E-state index contributed by atoms with van der Waals surface area (Å²) in [6.07, 6.45) is 10.3. The minimum absolute atomic E-state index is 0.0225. The standard InChI is InChI=1S/C32H39N11O/c1-41(2)16-15-34-30-25(17-33)20-36-31(40-30)39-27-10-12-28(13-11-27)43(32(44)37-18-23-7-5-4-6-8-23)29-14-9-24(19-35-29)26-21-38-42(3)22-26/h4-9,14,19-22,27-28H,10-13,15-16,18H2,1-3H3,(H,37,44)(H2,34,36,39,40). The van der Waals surface area contributed by atoms with Crippen LogP contribution in [0.1, 0.15) is 36.8 Å². The minimum Gasteiger partial charge on any atom is -0.368 e. The van der Waals surface area contributed by atoms with Crippen LogP contribution in [0.25, 0.3) is 11.1 Å². The normalized spacial score (nSPS) is 16.2. The molecular formula is C32H39N11O. The molecule has 2 amide bonds. The van der Waals surface area contributed by atoms with Crippen LogP contribution in [0, 0.1) is 11.3 Å². The number of nitrogens with zero attached hydrogens (tertiary/aromatic N) is 8. The summed E-state index contributed by atoms with van der Waals surface area (Å²) >= 11 is 0. The van der Waals surface area contributed by atoms with Gasteiger partial charge in [-0.3, -0.25) is 9.58 Å². The summed E-state index contributed by atoms with van der Waals surface area (Å²) in [7, 11) is 5.88. The molecule has 0 atom stereocenters. The highest BCUT2D eigenvalue weighted by Crippen LogP contribution is 2.29. The van der Waals surface area contributed by atoms with Crippen LogP contribution in [0.4, 0.5) is 22.4 Å². The van der Waals surface area contributed by atoms with E-state index in [9.17, 15) is 10.1 Å². The fourth-order valence-electron chi connectivity index (χ4n) is 5.31. The van der Waals surface area contributed by atoms with Gasteiger partial charge in [0.2, 0.25) is 5.95 Å². The number of anilines is 3. The molecule has 4 aromatic rings. The van der Waals surface area contributed by atoms with Crippen molar-refractivity contribution in [3.63, 3.8) is 0 Å². The highest BCUT2D eigenvalue weighted by Gasteiger charge is 2.31. The lowest BCUT2D eigenvalue weighted by molar-refractivity contribution is 0.240. The number of likely N-dealkylation sites (N-methyl/N-ethyl adjacent to an activating group) is 1. The van der Waals surface area contributed by atoms with Crippen molar-refractivity contribution in [3.8, 4) is 17.2 Å². The summed E-state index contributed by atoms with van der Waals surface area (Å²) in [5.74, 6) is 1.64. The predicted molar refractivity (Wildman–Crippen MR) is 171 cm³/mol. The van der Waals surface area contributed by atoms with Gasteiger partial charge >= 0.3 is 6.03 Å². The Hall–Kier alpha value is -5.02. The zero-order chi connectivity index (χ0) is 30.9. The smallest absolute Gasteiger partial charge is 0.323 e. The minimum atomic E-state index is -0.171. The van der Waals surface area contributed by atoms with Gasteiger partial charge in [-0.1, -0.05) is 30.3 Å². The Morgan fingerprint density at radius 2 is 1.82 bits per heavy atom. The summed E-state index contributed by atoms with van der Waals surface area (Å²) in [5, 5.41) is 23.5. The van der Waals surface area contributed by atoms with Gasteiger partial charge in [0.05, 0.1) is 12.4 Å². The van der Waals surface area contributed by atoms with Crippen molar-refractivity contribution in [3.05, 3.63) is 78.4 Å². The molecule has 1 aliphatic carbocycles. The van der Waals surface area contributed by atoms with Gasteiger partial charge in [0.25, 0.3) is 0 Å². The van der Waals surface area contributed by atoms with Crippen LogP contribution in [0.5, 0.6) is 0 Å². The zero-order valence-corrected chi connectivity index (χ0v) is 25.4. The maximum atomic E-state index is 13.7. The third-order valence-corrected chi connectivity index (χ3v) is 7.69. The van der Waals surface area contributed by atoms with Gasteiger partial charge in [0.15, 0.2) is 0 Å². The molecule has 1 aliphatic rings. The van der Waals surface area contributed by atoms with Gasteiger partial charge in [-0.15, -0.1) is 0 Å². The number of benzene rings is 1. The summed E-state index contributed by atoms with van der Waals surface area (Å²) in [6.45, 7) is 1.92. The lowest BCUT2D eigenvalue weighted by atomic mass is 9.90. The molecule has 3 heterocycles. The van der Waals surface area contributed by atoms with Gasteiger partial charge in [0.1, 0.15) is 23.3 Å². The molecule has 3 N–H and O–H groups in total. The quantitative estimate of drug-likeness (QED) is 0.233. The number of amides is 2. The van der Waals surface area contributed by atoms with Crippen molar-refractivity contribution in [2.45, 2.75) is 44.3 Å². The lowest BCUT2D eigenvalue weighted by Crippen LogP contribution is -2.49. The second-order valence-electron chi connectivity index (χ2n) is 11.3. The molecule has 0 unspecified atom stereocenters. The number of aryl methyl sites for hydroxylation is 1. The molecule has 12 nitrogen and oxygen atoms in total. The first-order valence-corrected chi connectivity index (χ1v) is 14.9. The van der Waals surface area contributed by atoms with E-state index in [1.54, 1.807) is 28.2 Å². The number of pyridine rings is 1. The summed E-state index contributed by atoms with van der Waals surface area (Å²) in [5.41, 5.74) is 3.36. The largest absolute Gasteiger partial charge is 0.368 e. The van der Waals surface area contributed by atoms with Crippen LogP contribution in [0.2, 0.25) is 0 Å². The SMILES string of the molecule is CN(C)CCNc1nc(NC2CCC(N(C(=O)NCc3ccccc3)c3ccc(-c4cnn(C)c4)cn3)CC2)ncc1C#N. The van der Waals surface area contributed by atoms with E-state index in [-0.39, 0.29) is 18.1 Å². The van der Waals surface area contributed by atoms with E-state index in [1.165, 1.54) is 0 Å². The van der Waals surface area contributed by atoms with Crippen molar-refractivity contribution in [1.29, 1.82) is 5.26 Å². The maximum absolute atomic E-state index is 13.7. The third kappa shape index (κ3) is 7.87. The molecule has 3 aromatic heterocycles. The molecule has 0 aliphatic heterocycles. The maximum Gasteiger partial charge on any atom is 0.323 e. The Kier molecular flexibility index (Phi) is 9.99. The van der Waals surface area contributed by atoms with Crippen LogP contribution in [0.15, 0.2) is 67.3 Å². The monoisotopic (exact) mass is 593 g/mol. The van der Waals surface area contributed by atoms with Crippen molar-refractivity contribution in [2.24, 2.45) is 7.05 Å². The van der Waals surface area contributed by atoms with E-state index in [1.807, 2.05) is 69.8 Å². The highest BCUT2D eigenvalue weighted by molar-refractivity contribution is 5.91. The molecule has 1 saturated carbocycles. The summed E-state index contributed by atoms with van der Waals surface area (Å²) < 4.78 is 1.75. The number of hydrogen-bond donors (Lipinski definition) is 3. The van der Waals surface area contributed by atoms with Crippen molar-refractivity contribution >= 4 is 23.6 Å². The Balaban J connectivity index is 1.26. The molecule has 228 valence electrons. The van der Waals surface area contributed by atoms with Crippen LogP contribution >= 0.6 is 0 Å². The van der Waals surface area contributed by atoms with Crippen LogP contribution in [0.3, 0.4) is 0 Å². The number of nitriles is 1. The molecule has 1 fully saturated rings. The molecule has 0 radical (unpaired) electrons. The molecule has 12 heteroatoms. The number of urea groups is 1. The Morgan fingerprint density at radius 3 is 2.48 bits per heavy atom. The number of rotatable bonds is 11. The average molecular weight is 594 g/mol. The van der Waals surface area contributed by atoms with E-state index >= 15 is 0 Å². The van der Waals surface area contributed by atoms with Crippen molar-refractivity contribution in [1.82, 2.24) is 34.9 Å². The molecule has 44 heavy (non-hydrogen) atoms. The van der Waals surface area contributed by atoms with Gasteiger partial charge in [-0.25, -0.2) is 14.8 Å². The van der Waals surface area contributed by atoms with E-state index in [0.29, 0.717) is 36.2 Å². The van der Waals surface area contributed by atoms with Gasteiger partial charge in [-0.2, -0.15) is 15.3 Å². The first-order chi connectivity index (χ1) is 21.4. The second-order valence-corrected chi connectivity index (χ2v) is 11.3. The highest BCUT2D eigenvalue weighted by atomic mass is 16.2. The second kappa shape index (κ2) is 14.4. The Labute approximate surface area is 258 Å². The van der Waals surface area contributed by atoms with E-state index in [0.717, 1.165) is 48.9 Å². The summed E-state index contributed by atoms with van der Waals surface area (Å²) in [6, 6.07) is 15.9. The van der Waals surface area contributed by atoms with Gasteiger partial charge in [-0.05, 0) is 57.5 Å². The number of nitrogens with one attached hydrogen (secondary N) is 3. The van der Waals surface area contributed by atoms with E-state index in [2.05, 4.69) is 42.0 Å². The fraction of sp³-hybridized carbons (Fsp3) is 0.375. The van der Waals surface area contributed by atoms with Crippen LogP contribution in [-0.4, -0.2) is 74.9 Å². The van der Waals surface area contributed by atoms with Crippen molar-refractivity contribution in [2.75, 3.05) is 42.7 Å². The molecule has 0 bridgehead atoms. The lowest BCUT2D eigenvalue weighted by Gasteiger charge is -2.36. The van der Waals surface area contributed by atoms with Gasteiger partial charge in [0, 0.05) is 62.3 Å². The Morgan fingerprint density at radius 1 is 1.02 bits per heavy atom. The summed E-state index contributed by atoms with van der Waals surface area (Å²) in [4.78, 5) is 31.2. The third-order valence-electron chi connectivity index (χ3n) is 7.69. The van der Waals surface area contributed by atoms with E-state index < -0.39 is 0 Å². The number of carbonyl (C=O) groups excluding carboxylic acids is 1.